The highest BCUT2D eigenvalue weighted by atomic mass is 32.2. The van der Waals surface area contributed by atoms with Crippen LogP contribution in [0.2, 0.25) is 0 Å². The minimum Gasteiger partial charge on any atom is -0.489 e. The molecule has 48 heavy (non-hydrogen) atoms. The van der Waals surface area contributed by atoms with Crippen LogP contribution in [-0.4, -0.2) is 80.8 Å². The summed E-state index contributed by atoms with van der Waals surface area (Å²) in [4.78, 5) is 23.2. The van der Waals surface area contributed by atoms with E-state index in [1.54, 1.807) is 24.3 Å². The first-order valence-corrected chi connectivity index (χ1v) is 17.0. The molecule has 0 fully saturated rings. The van der Waals surface area contributed by atoms with Crippen molar-refractivity contribution in [2.45, 2.75) is 56.8 Å². The lowest BCUT2D eigenvalue weighted by atomic mass is 9.87. The lowest BCUT2D eigenvalue weighted by Gasteiger charge is -2.35. The number of fused-ring (bicyclic) bond motifs is 1. The minimum atomic E-state index is -4.22. The molecule has 0 aromatic heterocycles. The minimum absolute atomic E-state index is 0.0198. The Hall–Kier alpha value is -4.53. The van der Waals surface area contributed by atoms with Gasteiger partial charge >= 0.3 is 12.2 Å². The van der Waals surface area contributed by atoms with Crippen LogP contribution in [0.3, 0.4) is 0 Å². The Labute approximate surface area is 280 Å². The Morgan fingerprint density at radius 2 is 1.71 bits per heavy atom. The van der Waals surface area contributed by atoms with E-state index in [-0.39, 0.29) is 37.0 Å². The number of hydrogen-bond donors (Lipinski definition) is 4. The summed E-state index contributed by atoms with van der Waals surface area (Å²) >= 11 is 0. The van der Waals surface area contributed by atoms with Gasteiger partial charge in [0.1, 0.15) is 12.4 Å². The van der Waals surface area contributed by atoms with Gasteiger partial charge in [-0.2, -0.15) is 4.31 Å². The molecule has 0 aliphatic carbocycles. The maximum atomic E-state index is 14.1. The predicted octanol–water partition coefficient (Wildman–Crippen LogP) is 4.39. The summed E-state index contributed by atoms with van der Waals surface area (Å²) in [6, 6.07) is 20.0. The first-order chi connectivity index (χ1) is 22.9. The molecule has 2 atom stereocenters. The number of benzene rings is 3. The van der Waals surface area contributed by atoms with Crippen LogP contribution in [-0.2, 0) is 27.8 Å². The molecular formula is C34H43N3O10S. The van der Waals surface area contributed by atoms with E-state index in [1.165, 1.54) is 25.2 Å². The monoisotopic (exact) mass is 685 g/mol. The third-order valence-corrected chi connectivity index (χ3v) is 9.62. The summed E-state index contributed by atoms with van der Waals surface area (Å²) in [7, 11) is -2.76. The number of carbonyl (C=O) groups is 2. The lowest BCUT2D eigenvalue weighted by Crippen LogP contribution is -2.51. The summed E-state index contributed by atoms with van der Waals surface area (Å²) in [6.07, 6.45) is -2.30. The van der Waals surface area contributed by atoms with Crippen molar-refractivity contribution < 1.29 is 47.2 Å². The number of aliphatic hydroxyl groups excluding tert-OH is 1. The lowest BCUT2D eigenvalue weighted by molar-refractivity contribution is 0.0888. The van der Waals surface area contributed by atoms with Crippen LogP contribution < -0.4 is 24.8 Å². The van der Waals surface area contributed by atoms with E-state index in [0.29, 0.717) is 36.5 Å². The molecular weight excluding hydrogens is 642 g/mol. The number of hydrogen-bond acceptors (Lipinski definition) is 9. The smallest absolute Gasteiger partial charge is 0.406 e. The first-order valence-electron chi connectivity index (χ1n) is 15.5. The van der Waals surface area contributed by atoms with Gasteiger partial charge in [0.15, 0.2) is 11.5 Å². The molecule has 1 heterocycles. The number of carboxylic acid groups (broad SMARTS) is 1. The molecule has 0 bridgehead atoms. The molecule has 0 unspecified atom stereocenters. The molecule has 13 nitrogen and oxygen atoms in total. The average Bonchev–Trinajstić information content (AvgIpc) is 3.54. The first kappa shape index (κ1) is 36.3. The summed E-state index contributed by atoms with van der Waals surface area (Å²) < 4.78 is 51.0. The van der Waals surface area contributed by atoms with Gasteiger partial charge in [-0.1, -0.05) is 56.3 Å². The number of aliphatic hydroxyl groups is 1. The van der Waals surface area contributed by atoms with E-state index in [4.69, 9.17) is 18.9 Å². The van der Waals surface area contributed by atoms with E-state index in [0.717, 1.165) is 9.87 Å². The van der Waals surface area contributed by atoms with Crippen LogP contribution in [0.15, 0.2) is 77.7 Å². The number of sulfonamides is 1. The van der Waals surface area contributed by atoms with Crippen molar-refractivity contribution in [2.75, 3.05) is 33.5 Å². The second kappa shape index (κ2) is 16.5. The van der Waals surface area contributed by atoms with E-state index in [9.17, 15) is 28.2 Å². The van der Waals surface area contributed by atoms with E-state index in [1.807, 2.05) is 44.2 Å². The number of nitrogens with zero attached hydrogens (tertiary/aromatic N) is 1. The van der Waals surface area contributed by atoms with Crippen LogP contribution in [0, 0.1) is 5.41 Å². The van der Waals surface area contributed by atoms with Gasteiger partial charge in [-0.25, -0.2) is 18.0 Å². The number of carbonyl (C=O) groups excluding carboxylic acids is 1. The van der Waals surface area contributed by atoms with Crippen LogP contribution in [0.4, 0.5) is 9.59 Å². The molecule has 4 N–H and O–H groups in total. The van der Waals surface area contributed by atoms with Gasteiger partial charge in [0, 0.05) is 26.2 Å². The standard InChI is InChI=1S/C34H43N3O10S/c1-34(2,16-7-17-44-33(41)35-3)22-37(48(42,43)27-14-15-30-31(19-27)47-23-46-30)20-29(38)28(36-32(39)40)18-24-10-12-26(13-11-24)45-21-25-8-5-4-6-9-25/h4-6,8-15,19,28-29,36,38H,7,16-18,20-23H2,1-3H3,(H,35,41)(H,39,40)/t28-,29+/m0/s1. The topological polar surface area (TPSA) is 173 Å². The summed E-state index contributed by atoms with van der Waals surface area (Å²) in [6.45, 7) is 3.81. The largest absolute Gasteiger partial charge is 0.489 e. The molecule has 0 radical (unpaired) electrons. The van der Waals surface area contributed by atoms with Gasteiger partial charge in [-0.15, -0.1) is 0 Å². The number of ether oxygens (including phenoxy) is 4. The van der Waals surface area contributed by atoms with E-state index in [2.05, 4.69) is 10.6 Å². The van der Waals surface area contributed by atoms with E-state index < -0.39 is 46.3 Å². The second-order valence-electron chi connectivity index (χ2n) is 12.2. The zero-order valence-electron chi connectivity index (χ0n) is 27.3. The van der Waals surface area contributed by atoms with Crippen LogP contribution in [0.5, 0.6) is 17.2 Å². The maximum Gasteiger partial charge on any atom is 0.406 e. The number of nitrogens with one attached hydrogen (secondary N) is 2. The molecule has 260 valence electrons. The second-order valence-corrected chi connectivity index (χ2v) is 14.1. The van der Waals surface area contributed by atoms with Crippen molar-refractivity contribution in [3.63, 3.8) is 0 Å². The highest BCUT2D eigenvalue weighted by Crippen LogP contribution is 2.36. The van der Waals surface area contributed by atoms with Crippen molar-refractivity contribution in [2.24, 2.45) is 5.41 Å². The molecule has 0 saturated carbocycles. The summed E-state index contributed by atoms with van der Waals surface area (Å²) in [5.74, 6) is 1.32. The van der Waals surface area contributed by atoms with Gasteiger partial charge in [0.25, 0.3) is 0 Å². The normalized spacial score (nSPS) is 13.9. The SMILES string of the molecule is CNC(=O)OCCCC(C)(C)CN(C[C@@H](O)[C@H](Cc1ccc(OCc2ccccc2)cc1)NC(=O)O)S(=O)(=O)c1ccc2c(c1)OCO2. The van der Waals surface area contributed by atoms with Crippen molar-refractivity contribution >= 4 is 22.2 Å². The Morgan fingerprint density at radius 1 is 1.00 bits per heavy atom. The Morgan fingerprint density at radius 3 is 2.40 bits per heavy atom. The molecule has 3 aromatic carbocycles. The highest BCUT2D eigenvalue weighted by molar-refractivity contribution is 7.89. The fourth-order valence-corrected chi connectivity index (χ4v) is 6.94. The van der Waals surface area contributed by atoms with Crippen LogP contribution in [0.25, 0.3) is 0 Å². The molecule has 4 rings (SSSR count). The van der Waals surface area contributed by atoms with Crippen molar-refractivity contribution in [3.05, 3.63) is 83.9 Å². The number of amides is 2. The van der Waals surface area contributed by atoms with E-state index >= 15 is 0 Å². The molecule has 3 aromatic rings. The predicted molar refractivity (Wildman–Crippen MR) is 177 cm³/mol. The summed E-state index contributed by atoms with van der Waals surface area (Å²) in [5.41, 5.74) is 1.10. The van der Waals surface area contributed by atoms with Crippen molar-refractivity contribution in [1.82, 2.24) is 14.9 Å². The fraction of sp³-hybridized carbons (Fsp3) is 0.412. The number of alkyl carbamates (subject to hydrolysis) is 1. The molecule has 1 aliphatic heterocycles. The maximum absolute atomic E-state index is 14.1. The molecule has 2 amide bonds. The zero-order valence-corrected chi connectivity index (χ0v) is 28.1. The molecule has 1 aliphatic rings. The molecule has 14 heteroatoms. The Kier molecular flexibility index (Phi) is 12.5. The van der Waals surface area contributed by atoms with Gasteiger partial charge in [-0.3, -0.25) is 0 Å². The molecule has 0 spiro atoms. The van der Waals surface area contributed by atoms with Crippen molar-refractivity contribution in [3.8, 4) is 17.2 Å². The highest BCUT2D eigenvalue weighted by Gasteiger charge is 2.35. The van der Waals surface area contributed by atoms with Gasteiger partial charge in [-0.05, 0) is 60.1 Å². The quantitative estimate of drug-likeness (QED) is 0.149. The fourth-order valence-electron chi connectivity index (χ4n) is 5.27. The Balaban J connectivity index is 1.51. The zero-order chi connectivity index (χ0) is 34.7. The molecule has 0 saturated heterocycles. The van der Waals surface area contributed by atoms with Gasteiger partial charge in [0.2, 0.25) is 16.8 Å². The third-order valence-electron chi connectivity index (χ3n) is 7.81. The summed E-state index contributed by atoms with van der Waals surface area (Å²) in [5, 5.41) is 25.8. The Bertz CT molecular complexity index is 1620. The third kappa shape index (κ3) is 10.5. The van der Waals surface area contributed by atoms with Crippen LogP contribution >= 0.6 is 0 Å². The van der Waals surface area contributed by atoms with Gasteiger partial charge in [0.05, 0.1) is 23.6 Å². The number of rotatable bonds is 17. The van der Waals surface area contributed by atoms with Gasteiger partial charge < -0.3 is 39.8 Å². The average molecular weight is 686 g/mol. The van der Waals surface area contributed by atoms with Crippen molar-refractivity contribution in [1.29, 1.82) is 0 Å². The van der Waals surface area contributed by atoms with Crippen LogP contribution in [0.1, 0.15) is 37.8 Å².